The molecule has 5 heteroatoms. The minimum atomic E-state index is 0.0214. The number of nitrogens with one attached hydrogen (secondary N) is 1. The fourth-order valence-corrected chi connectivity index (χ4v) is 2.15. The Bertz CT molecular complexity index is 582. The average molecular weight is 274 g/mol. The number of H-pyrrole nitrogens is 1. The summed E-state index contributed by atoms with van der Waals surface area (Å²) < 4.78 is 1.83. The molecule has 0 aromatic carbocycles. The first kappa shape index (κ1) is 14.4. The molecular weight excluding hydrogens is 252 g/mol. The third-order valence-electron chi connectivity index (χ3n) is 3.23. The Hall–Kier alpha value is -2.04. The summed E-state index contributed by atoms with van der Waals surface area (Å²) in [6.45, 7) is 9.66. The van der Waals surface area contributed by atoms with Gasteiger partial charge >= 0.3 is 0 Å². The van der Waals surface area contributed by atoms with E-state index in [4.69, 9.17) is 0 Å². The Labute approximate surface area is 119 Å². The number of carbonyl (C=O) groups is 1. The van der Waals surface area contributed by atoms with E-state index >= 15 is 0 Å². The Morgan fingerprint density at radius 2 is 2.20 bits per heavy atom. The predicted molar refractivity (Wildman–Crippen MR) is 79.9 cm³/mol. The van der Waals surface area contributed by atoms with Gasteiger partial charge in [0.2, 0.25) is 0 Å². The van der Waals surface area contributed by atoms with Gasteiger partial charge in [0.25, 0.3) is 5.91 Å². The van der Waals surface area contributed by atoms with Gasteiger partial charge in [0, 0.05) is 31.7 Å². The van der Waals surface area contributed by atoms with Gasteiger partial charge in [-0.25, -0.2) is 0 Å². The van der Waals surface area contributed by atoms with Crippen LogP contribution in [0.3, 0.4) is 0 Å². The van der Waals surface area contributed by atoms with Crippen LogP contribution in [-0.4, -0.2) is 27.2 Å². The third kappa shape index (κ3) is 2.92. The van der Waals surface area contributed by atoms with Crippen LogP contribution in [0.1, 0.15) is 36.7 Å². The van der Waals surface area contributed by atoms with Gasteiger partial charge in [-0.1, -0.05) is 13.8 Å². The molecule has 1 amide bonds. The SMILES string of the molecule is CCn1cc(N(CC(C)C)C(=O)c2c[nH]cc2C)cn1. The van der Waals surface area contributed by atoms with Crippen molar-refractivity contribution in [2.75, 3.05) is 11.4 Å². The first-order valence-electron chi connectivity index (χ1n) is 7.00. The number of hydrogen-bond acceptors (Lipinski definition) is 2. The molecule has 0 unspecified atom stereocenters. The van der Waals surface area contributed by atoms with E-state index in [2.05, 4.69) is 23.9 Å². The highest BCUT2D eigenvalue weighted by Crippen LogP contribution is 2.19. The summed E-state index contributed by atoms with van der Waals surface area (Å²) in [4.78, 5) is 17.5. The second kappa shape index (κ2) is 5.94. The first-order valence-corrected chi connectivity index (χ1v) is 7.00. The minimum Gasteiger partial charge on any atom is -0.367 e. The summed E-state index contributed by atoms with van der Waals surface area (Å²) in [6, 6.07) is 0. The first-order chi connectivity index (χ1) is 9.52. The molecule has 0 saturated heterocycles. The van der Waals surface area contributed by atoms with Crippen LogP contribution in [0.4, 0.5) is 5.69 Å². The van der Waals surface area contributed by atoms with Gasteiger partial charge < -0.3 is 9.88 Å². The smallest absolute Gasteiger partial charge is 0.260 e. The summed E-state index contributed by atoms with van der Waals surface area (Å²) >= 11 is 0. The van der Waals surface area contributed by atoms with Gasteiger partial charge in [-0.05, 0) is 25.3 Å². The molecule has 0 aliphatic rings. The van der Waals surface area contributed by atoms with E-state index in [1.165, 1.54) is 0 Å². The van der Waals surface area contributed by atoms with E-state index in [1.54, 1.807) is 17.3 Å². The van der Waals surface area contributed by atoms with Crippen LogP contribution in [0, 0.1) is 12.8 Å². The van der Waals surface area contributed by atoms with Crippen molar-refractivity contribution in [3.8, 4) is 0 Å². The molecule has 5 nitrogen and oxygen atoms in total. The van der Waals surface area contributed by atoms with Gasteiger partial charge in [-0.15, -0.1) is 0 Å². The van der Waals surface area contributed by atoms with Gasteiger partial charge in [0.15, 0.2) is 0 Å². The molecule has 108 valence electrons. The highest BCUT2D eigenvalue weighted by Gasteiger charge is 2.22. The van der Waals surface area contributed by atoms with E-state index in [9.17, 15) is 4.79 Å². The molecule has 20 heavy (non-hydrogen) atoms. The molecule has 2 aromatic rings. The summed E-state index contributed by atoms with van der Waals surface area (Å²) in [5.74, 6) is 0.413. The Kier molecular flexibility index (Phi) is 4.27. The highest BCUT2D eigenvalue weighted by atomic mass is 16.2. The molecule has 0 bridgehead atoms. The Morgan fingerprint density at radius 3 is 2.70 bits per heavy atom. The number of nitrogens with zero attached hydrogens (tertiary/aromatic N) is 3. The van der Waals surface area contributed by atoms with E-state index in [1.807, 2.05) is 30.9 Å². The molecule has 2 rings (SSSR count). The summed E-state index contributed by atoms with van der Waals surface area (Å²) in [6.07, 6.45) is 7.28. The number of carbonyl (C=O) groups excluding carboxylic acids is 1. The van der Waals surface area contributed by atoms with Crippen LogP contribution >= 0.6 is 0 Å². The molecule has 0 spiro atoms. The molecule has 0 radical (unpaired) electrons. The molecule has 0 aliphatic carbocycles. The van der Waals surface area contributed by atoms with Gasteiger partial charge in [-0.3, -0.25) is 9.48 Å². The topological polar surface area (TPSA) is 53.9 Å². The molecule has 2 heterocycles. The number of rotatable bonds is 5. The van der Waals surface area contributed by atoms with Crippen molar-refractivity contribution in [1.29, 1.82) is 0 Å². The summed E-state index contributed by atoms with van der Waals surface area (Å²) in [5.41, 5.74) is 2.53. The lowest BCUT2D eigenvalue weighted by Crippen LogP contribution is -2.34. The molecule has 0 fully saturated rings. The molecule has 1 N–H and O–H groups in total. The number of aryl methyl sites for hydroxylation is 2. The second-order valence-corrected chi connectivity index (χ2v) is 5.42. The van der Waals surface area contributed by atoms with Crippen molar-refractivity contribution in [1.82, 2.24) is 14.8 Å². The Morgan fingerprint density at radius 1 is 1.45 bits per heavy atom. The van der Waals surface area contributed by atoms with Crippen LogP contribution in [0.5, 0.6) is 0 Å². The monoisotopic (exact) mass is 274 g/mol. The fourth-order valence-electron chi connectivity index (χ4n) is 2.15. The molecule has 0 saturated carbocycles. The lowest BCUT2D eigenvalue weighted by molar-refractivity contribution is 0.0983. The van der Waals surface area contributed by atoms with Gasteiger partial charge in [-0.2, -0.15) is 5.10 Å². The number of aromatic nitrogens is 3. The maximum Gasteiger partial charge on any atom is 0.260 e. The third-order valence-corrected chi connectivity index (χ3v) is 3.23. The van der Waals surface area contributed by atoms with Crippen molar-refractivity contribution in [2.24, 2.45) is 5.92 Å². The van der Waals surface area contributed by atoms with Crippen molar-refractivity contribution in [3.63, 3.8) is 0 Å². The molecule has 0 aliphatic heterocycles. The van der Waals surface area contributed by atoms with Crippen LogP contribution < -0.4 is 4.90 Å². The zero-order valence-electron chi connectivity index (χ0n) is 12.6. The lowest BCUT2D eigenvalue weighted by Gasteiger charge is -2.23. The number of aromatic amines is 1. The van der Waals surface area contributed by atoms with Gasteiger partial charge in [0.1, 0.15) is 0 Å². The lowest BCUT2D eigenvalue weighted by atomic mass is 10.1. The van der Waals surface area contributed by atoms with Crippen molar-refractivity contribution < 1.29 is 4.79 Å². The normalized spacial score (nSPS) is 11.1. The van der Waals surface area contributed by atoms with E-state index in [0.29, 0.717) is 12.5 Å². The van der Waals surface area contributed by atoms with Crippen LogP contribution in [-0.2, 0) is 6.54 Å². The quantitative estimate of drug-likeness (QED) is 0.911. The summed E-state index contributed by atoms with van der Waals surface area (Å²) in [7, 11) is 0. The van der Waals surface area contributed by atoms with Crippen molar-refractivity contribution in [3.05, 3.63) is 35.9 Å². The van der Waals surface area contributed by atoms with Crippen molar-refractivity contribution >= 4 is 11.6 Å². The van der Waals surface area contributed by atoms with E-state index < -0.39 is 0 Å². The standard InChI is InChI=1S/C15H22N4O/c1-5-18-10-13(7-17-18)19(9-11(2)3)15(20)14-8-16-6-12(14)4/h6-8,10-11,16H,5,9H2,1-4H3. The van der Waals surface area contributed by atoms with Gasteiger partial charge in [0.05, 0.1) is 17.4 Å². The Balaban J connectivity index is 2.32. The minimum absolute atomic E-state index is 0.0214. The van der Waals surface area contributed by atoms with Crippen LogP contribution in [0.15, 0.2) is 24.8 Å². The van der Waals surface area contributed by atoms with Crippen LogP contribution in [0.25, 0.3) is 0 Å². The molecule has 0 atom stereocenters. The zero-order chi connectivity index (χ0) is 14.7. The second-order valence-electron chi connectivity index (χ2n) is 5.42. The fraction of sp³-hybridized carbons (Fsp3) is 0.467. The van der Waals surface area contributed by atoms with Crippen LogP contribution in [0.2, 0.25) is 0 Å². The van der Waals surface area contributed by atoms with Crippen molar-refractivity contribution in [2.45, 2.75) is 34.2 Å². The number of hydrogen-bond donors (Lipinski definition) is 1. The molecule has 2 aromatic heterocycles. The summed E-state index contributed by atoms with van der Waals surface area (Å²) in [5, 5.41) is 4.26. The number of amides is 1. The highest BCUT2D eigenvalue weighted by molar-refractivity contribution is 6.06. The molecular formula is C15H22N4O. The van der Waals surface area contributed by atoms with E-state index in [0.717, 1.165) is 23.4 Å². The predicted octanol–water partition coefficient (Wildman–Crippen LogP) is 2.84. The zero-order valence-corrected chi connectivity index (χ0v) is 12.6. The largest absolute Gasteiger partial charge is 0.367 e. The average Bonchev–Trinajstić information content (AvgIpc) is 3.03. The maximum atomic E-state index is 12.7. The van der Waals surface area contributed by atoms with E-state index in [-0.39, 0.29) is 5.91 Å². The maximum absolute atomic E-state index is 12.7. The number of anilines is 1.